The first-order valence-electron chi connectivity index (χ1n) is 20.1. The maximum absolute atomic E-state index is 14.3. The van der Waals surface area contributed by atoms with E-state index in [0.29, 0.717) is 12.0 Å². The number of hydrogen-bond donors (Lipinski definition) is 5. The third-order valence-electron chi connectivity index (χ3n) is 10.7. The van der Waals surface area contributed by atoms with Crippen LogP contribution in [0.2, 0.25) is 0 Å². The van der Waals surface area contributed by atoms with Gasteiger partial charge in [0.05, 0.1) is 6.42 Å². The van der Waals surface area contributed by atoms with Crippen molar-refractivity contribution in [1.29, 1.82) is 0 Å². The average molecular weight is 857 g/mol. The summed E-state index contributed by atoms with van der Waals surface area (Å²) in [6.45, 7) is 3.04. The summed E-state index contributed by atoms with van der Waals surface area (Å²) in [4.78, 5) is 119. The van der Waals surface area contributed by atoms with Crippen molar-refractivity contribution in [3.63, 3.8) is 0 Å². The number of carbonyl (C=O) groups is 8. The Labute approximate surface area is 358 Å². The van der Waals surface area contributed by atoms with Crippen molar-refractivity contribution < 1.29 is 52.9 Å². The Kier molecular flexibility index (Phi) is 15.3. The van der Waals surface area contributed by atoms with E-state index in [4.69, 9.17) is 15.2 Å². The lowest BCUT2D eigenvalue weighted by Crippen LogP contribution is -2.59. The number of likely N-dealkylation sites (N-methyl/N-ethyl adjacent to an activating group) is 1. The summed E-state index contributed by atoms with van der Waals surface area (Å²) in [6.07, 6.45) is -0.473. The van der Waals surface area contributed by atoms with Crippen LogP contribution in [0.1, 0.15) is 67.2 Å². The molecule has 2 aliphatic heterocycles. The molecule has 3 aromatic rings. The van der Waals surface area contributed by atoms with Crippen LogP contribution in [-0.2, 0) is 49.5 Å². The van der Waals surface area contributed by atoms with Crippen molar-refractivity contribution in [2.75, 3.05) is 32.6 Å². The topological polar surface area (TPSA) is 260 Å². The van der Waals surface area contributed by atoms with Gasteiger partial charge < -0.3 is 51.0 Å². The van der Waals surface area contributed by atoms with Gasteiger partial charge in [-0.25, -0.2) is 19.4 Å². The minimum atomic E-state index is -1.71. The van der Waals surface area contributed by atoms with E-state index in [2.05, 4.69) is 20.9 Å². The second-order valence-corrected chi connectivity index (χ2v) is 15.3. The lowest BCUT2D eigenvalue weighted by atomic mass is 10.0. The van der Waals surface area contributed by atoms with E-state index < -0.39 is 108 Å². The monoisotopic (exact) mass is 856 g/mol. The Morgan fingerprint density at radius 1 is 0.935 bits per heavy atom. The van der Waals surface area contributed by atoms with Gasteiger partial charge in [-0.3, -0.25) is 24.0 Å². The molecule has 0 saturated carbocycles. The molecule has 62 heavy (non-hydrogen) atoms. The molecule has 3 heterocycles. The van der Waals surface area contributed by atoms with Crippen molar-refractivity contribution in [1.82, 2.24) is 30.7 Å². The molecule has 19 heteroatoms. The summed E-state index contributed by atoms with van der Waals surface area (Å²) in [6, 6.07) is 8.87. The molecule has 2 fully saturated rings. The highest BCUT2D eigenvalue weighted by atomic mass is 16.6. The van der Waals surface area contributed by atoms with Gasteiger partial charge in [0.2, 0.25) is 23.6 Å². The van der Waals surface area contributed by atoms with Gasteiger partial charge in [-0.15, -0.1) is 0 Å². The average Bonchev–Trinajstić information content (AvgIpc) is 3.75. The fraction of sp³-hybridized carbons (Fsp3) is 0.419. The molecule has 0 radical (unpaired) electrons. The summed E-state index contributed by atoms with van der Waals surface area (Å²) < 4.78 is 10.9. The lowest BCUT2D eigenvalue weighted by molar-refractivity contribution is -0.167. The molecule has 0 spiro atoms. The molecule has 2 aliphatic rings. The zero-order valence-corrected chi connectivity index (χ0v) is 35.1. The molecular formula is C43H52N8O11. The summed E-state index contributed by atoms with van der Waals surface area (Å²) in [5, 5.41) is 17.9. The van der Waals surface area contributed by atoms with Crippen LogP contribution in [-0.4, -0.2) is 131 Å². The molecule has 7 unspecified atom stereocenters. The Bertz CT molecular complexity index is 2150. The highest BCUT2D eigenvalue weighted by molar-refractivity contribution is 6.00. The zero-order chi connectivity index (χ0) is 45.2. The summed E-state index contributed by atoms with van der Waals surface area (Å²) in [5.74, 6) is -8.19. The van der Waals surface area contributed by atoms with E-state index in [9.17, 15) is 43.5 Å². The van der Waals surface area contributed by atoms with E-state index in [1.165, 1.54) is 49.3 Å². The van der Waals surface area contributed by atoms with Crippen LogP contribution in [0, 0.1) is 0 Å². The van der Waals surface area contributed by atoms with Gasteiger partial charge in [0.1, 0.15) is 42.1 Å². The molecule has 1 aromatic heterocycles. The third kappa shape index (κ3) is 11.1. The normalized spacial score (nSPS) is 24.8. The predicted molar refractivity (Wildman–Crippen MR) is 222 cm³/mol. The molecule has 5 rings (SSSR count). The smallest absolute Gasteiger partial charge is 0.336 e. The number of carbonyl (C=O) groups excluding carboxylic acids is 8. The number of nitrogens with zero attached hydrogens (tertiary/aromatic N) is 4. The van der Waals surface area contributed by atoms with E-state index >= 15 is 0 Å². The van der Waals surface area contributed by atoms with E-state index in [1.807, 2.05) is 31.1 Å². The number of rotatable bonds is 7. The van der Waals surface area contributed by atoms with Crippen LogP contribution in [0.5, 0.6) is 5.75 Å². The fourth-order valence-electron chi connectivity index (χ4n) is 7.17. The molecule has 2 aromatic carbocycles. The fourth-order valence-corrected chi connectivity index (χ4v) is 7.17. The molecular weight excluding hydrogens is 805 g/mol. The number of fused-ring (bicyclic) bond motifs is 1. The number of pyridine rings is 1. The van der Waals surface area contributed by atoms with Crippen molar-refractivity contribution >= 4 is 53.1 Å². The Morgan fingerprint density at radius 3 is 2.27 bits per heavy atom. The van der Waals surface area contributed by atoms with Crippen molar-refractivity contribution in [2.45, 2.75) is 88.3 Å². The molecule has 2 saturated heterocycles. The summed E-state index contributed by atoms with van der Waals surface area (Å²) >= 11 is 0. The molecule has 5 amide bonds. The van der Waals surface area contributed by atoms with Crippen molar-refractivity contribution in [3.05, 3.63) is 89.7 Å². The molecule has 19 nitrogen and oxygen atoms in total. The maximum Gasteiger partial charge on any atom is 0.336 e. The third-order valence-corrected chi connectivity index (χ3v) is 10.7. The van der Waals surface area contributed by atoms with Crippen LogP contribution < -0.4 is 26.6 Å². The molecule has 0 bridgehead atoms. The number of ether oxygens (including phenoxy) is 2. The number of nitrogens with two attached hydrogens (primary N) is 1. The first-order valence-corrected chi connectivity index (χ1v) is 20.1. The predicted octanol–water partition coefficient (Wildman–Crippen LogP) is 0.497. The SMILES string of the molecule is CCC1NC(=O)C(NC(=O)c2ncccc2O)C(C)OC(=O)C(c2ccccc2)NC(=O)CC(N)C(=O)OC(=O)C(Cc2ccc(N(C)C)cc2)N(C)C(=O)C2CCCN2C1=O. The summed E-state index contributed by atoms with van der Waals surface area (Å²) in [5.41, 5.74) is 7.36. The number of benzene rings is 2. The number of cyclic esters (lactones) is 3. The largest absolute Gasteiger partial charge is 0.505 e. The van der Waals surface area contributed by atoms with Crippen molar-refractivity contribution in [3.8, 4) is 5.75 Å². The number of amides is 5. The van der Waals surface area contributed by atoms with Gasteiger partial charge in [0, 0.05) is 46.0 Å². The van der Waals surface area contributed by atoms with Crippen LogP contribution in [0.25, 0.3) is 0 Å². The molecule has 0 aliphatic carbocycles. The van der Waals surface area contributed by atoms with Crippen LogP contribution in [0.3, 0.4) is 0 Å². The first kappa shape index (κ1) is 46.2. The molecule has 6 N–H and O–H groups in total. The quantitative estimate of drug-likeness (QED) is 0.160. The van der Waals surface area contributed by atoms with Gasteiger partial charge in [0.15, 0.2) is 11.7 Å². The Balaban J connectivity index is 1.54. The van der Waals surface area contributed by atoms with Gasteiger partial charge in [-0.05, 0) is 61.6 Å². The summed E-state index contributed by atoms with van der Waals surface area (Å²) in [7, 11) is 5.06. The van der Waals surface area contributed by atoms with Crippen LogP contribution >= 0.6 is 0 Å². The molecule has 330 valence electrons. The number of hydrogen-bond acceptors (Lipinski definition) is 14. The number of nitrogens with one attached hydrogen (secondary N) is 3. The Hall–Kier alpha value is -6.89. The minimum Gasteiger partial charge on any atom is -0.505 e. The van der Waals surface area contributed by atoms with E-state index in [-0.39, 0.29) is 31.4 Å². The highest BCUT2D eigenvalue weighted by Crippen LogP contribution is 2.24. The Morgan fingerprint density at radius 2 is 1.63 bits per heavy atom. The number of aromatic hydroxyl groups is 1. The van der Waals surface area contributed by atoms with Gasteiger partial charge >= 0.3 is 17.9 Å². The van der Waals surface area contributed by atoms with Gasteiger partial charge in [-0.2, -0.15) is 0 Å². The second-order valence-electron chi connectivity index (χ2n) is 15.3. The first-order chi connectivity index (χ1) is 29.5. The minimum absolute atomic E-state index is 0.0239. The number of aromatic nitrogens is 1. The maximum atomic E-state index is 14.3. The number of anilines is 1. The van der Waals surface area contributed by atoms with E-state index in [1.54, 1.807) is 37.3 Å². The molecule has 7 atom stereocenters. The lowest BCUT2D eigenvalue weighted by Gasteiger charge is -2.34. The second kappa shape index (κ2) is 20.6. The van der Waals surface area contributed by atoms with E-state index in [0.717, 1.165) is 10.6 Å². The van der Waals surface area contributed by atoms with Gasteiger partial charge in [0.25, 0.3) is 5.91 Å². The highest BCUT2D eigenvalue weighted by Gasteiger charge is 2.43. The van der Waals surface area contributed by atoms with Crippen molar-refractivity contribution in [2.24, 2.45) is 5.73 Å². The number of esters is 3. The van der Waals surface area contributed by atoms with Crippen LogP contribution in [0.15, 0.2) is 72.9 Å². The standard InChI is InChI=1S/C43H52N8O11/c1-6-29-39(56)51-21-11-14-30(51)40(57)50(5)31(22-25-16-18-27(19-17-25)49(3)4)42(59)62-41(58)28(44)23-33(53)47-35(26-12-8-7-9-13-26)43(60)61-24(2)34(37(54)46-29)48-38(55)36-32(52)15-10-20-45-36/h7-10,12-13,15-20,24,28-31,34-35,52H,6,11,14,21-23,44H2,1-5H3,(H,46,54)(H,47,53)(H,48,55). The van der Waals surface area contributed by atoms with Gasteiger partial charge in [-0.1, -0.05) is 49.4 Å². The van der Waals surface area contributed by atoms with Crippen LogP contribution in [0.4, 0.5) is 5.69 Å². The zero-order valence-electron chi connectivity index (χ0n) is 35.1.